The number of rotatable bonds is 3. The molecule has 3 N–H and O–H groups in total. The number of aromatic nitrogens is 2. The Balaban J connectivity index is 1.73. The highest BCUT2D eigenvalue weighted by Crippen LogP contribution is 2.27. The topological polar surface area (TPSA) is 147 Å². The molecule has 1 aliphatic heterocycles. The van der Waals surface area contributed by atoms with Crippen LogP contribution >= 0.6 is 11.3 Å². The maximum Gasteiger partial charge on any atom is 0.273 e. The lowest BCUT2D eigenvalue weighted by molar-refractivity contribution is -0.122. The van der Waals surface area contributed by atoms with Crippen molar-refractivity contribution in [1.82, 2.24) is 30.8 Å². The molecule has 218 valence electrons. The molecule has 4 bridgehead atoms. The van der Waals surface area contributed by atoms with E-state index in [1.165, 1.54) is 16.2 Å². The maximum atomic E-state index is 13.5. The highest BCUT2D eigenvalue weighted by Gasteiger charge is 2.31. The summed E-state index contributed by atoms with van der Waals surface area (Å²) in [4.78, 5) is 63.6. The first-order valence-electron chi connectivity index (χ1n) is 13.6. The van der Waals surface area contributed by atoms with Crippen LogP contribution in [0.25, 0.3) is 0 Å². The fourth-order valence-electron chi connectivity index (χ4n) is 4.58. The third-order valence-electron chi connectivity index (χ3n) is 6.77. The molecule has 4 rings (SSSR count). The molecule has 0 radical (unpaired) electrons. The molecule has 3 atom stereocenters. The van der Waals surface area contributed by atoms with Gasteiger partial charge in [0.15, 0.2) is 5.69 Å². The number of amides is 4. The molecule has 0 aliphatic carbocycles. The Bertz CT molecular complexity index is 1420. The van der Waals surface area contributed by atoms with E-state index in [9.17, 15) is 19.2 Å². The molecule has 41 heavy (non-hydrogen) atoms. The molecule has 0 saturated carbocycles. The highest BCUT2D eigenvalue weighted by molar-refractivity contribution is 7.09. The van der Waals surface area contributed by atoms with Crippen LogP contribution in [0.2, 0.25) is 0 Å². The number of thiazole rings is 1. The van der Waals surface area contributed by atoms with Crippen molar-refractivity contribution in [2.45, 2.75) is 59.7 Å². The molecule has 4 amide bonds. The van der Waals surface area contributed by atoms with Gasteiger partial charge in [-0.15, -0.1) is 11.3 Å². The number of fused-ring (bicyclic) bond motifs is 4. The number of carbonyl (C=O) groups excluding carboxylic acids is 4. The summed E-state index contributed by atoms with van der Waals surface area (Å²) in [6, 6.07) is 7.06. The summed E-state index contributed by atoms with van der Waals surface area (Å²) in [7, 11) is 0. The summed E-state index contributed by atoms with van der Waals surface area (Å²) in [5.74, 6) is -1.26. The number of hydrogen-bond donors (Lipinski definition) is 3. The van der Waals surface area contributed by atoms with Crippen molar-refractivity contribution < 1.29 is 23.6 Å². The van der Waals surface area contributed by atoms with Crippen molar-refractivity contribution in [1.29, 1.82) is 0 Å². The summed E-state index contributed by atoms with van der Waals surface area (Å²) >= 11 is 1.28. The van der Waals surface area contributed by atoms with Crippen LogP contribution in [-0.2, 0) is 4.79 Å². The maximum absolute atomic E-state index is 13.5. The van der Waals surface area contributed by atoms with Crippen molar-refractivity contribution in [3.63, 3.8) is 0 Å². The number of carbonyl (C=O) groups is 4. The van der Waals surface area contributed by atoms with Crippen LogP contribution in [0.4, 0.5) is 0 Å². The normalized spacial score (nSPS) is 20.7. The van der Waals surface area contributed by atoms with Gasteiger partial charge < -0.3 is 25.3 Å². The van der Waals surface area contributed by atoms with E-state index in [1.54, 1.807) is 49.6 Å². The van der Waals surface area contributed by atoms with E-state index in [2.05, 4.69) is 25.9 Å². The molecular formula is C29H36N6O5S. The number of nitrogens with one attached hydrogen (secondary N) is 3. The van der Waals surface area contributed by atoms with Gasteiger partial charge in [-0.3, -0.25) is 19.2 Å². The van der Waals surface area contributed by atoms with Gasteiger partial charge in [0.1, 0.15) is 22.5 Å². The van der Waals surface area contributed by atoms with Gasteiger partial charge in [-0.05, 0) is 37.8 Å². The van der Waals surface area contributed by atoms with Gasteiger partial charge in [-0.2, -0.15) is 0 Å². The lowest BCUT2D eigenvalue weighted by atomic mass is 10.0. The lowest BCUT2D eigenvalue weighted by Crippen LogP contribution is -2.48. The first-order valence-corrected chi connectivity index (χ1v) is 14.5. The first-order chi connectivity index (χ1) is 19.4. The fraction of sp³-hybridized carbons (Fsp3) is 0.448. The molecule has 1 aromatic carbocycles. The predicted octanol–water partition coefficient (Wildman–Crippen LogP) is 3.65. The largest absolute Gasteiger partial charge is 0.443 e. The summed E-state index contributed by atoms with van der Waals surface area (Å²) in [6.45, 7) is 10.9. The van der Waals surface area contributed by atoms with Gasteiger partial charge >= 0.3 is 0 Å². The van der Waals surface area contributed by atoms with E-state index in [1.807, 2.05) is 27.7 Å². The third-order valence-corrected chi connectivity index (χ3v) is 7.69. The van der Waals surface area contributed by atoms with Gasteiger partial charge in [-0.1, -0.05) is 45.9 Å². The average molecular weight is 581 g/mol. The van der Waals surface area contributed by atoms with Crippen LogP contribution in [0.3, 0.4) is 0 Å². The molecule has 0 fully saturated rings. The van der Waals surface area contributed by atoms with Crippen LogP contribution < -0.4 is 16.0 Å². The SMILES string of the molecule is Cc1oc2nc1C(=O)N[C@H](C)CN(C(=O)c1ccccc1)CC(=O)N[C@@H](C(C)C)c1nc(cs1)C(=O)N[C@@H]2C(C)C. The number of oxazole rings is 1. The monoisotopic (exact) mass is 580 g/mol. The van der Waals surface area contributed by atoms with Crippen molar-refractivity contribution in [2.75, 3.05) is 13.1 Å². The Morgan fingerprint density at radius 1 is 0.976 bits per heavy atom. The minimum Gasteiger partial charge on any atom is -0.443 e. The van der Waals surface area contributed by atoms with Gasteiger partial charge in [0, 0.05) is 23.5 Å². The molecule has 12 heteroatoms. The lowest BCUT2D eigenvalue weighted by Gasteiger charge is -2.28. The van der Waals surface area contributed by atoms with Gasteiger partial charge in [0.05, 0.1) is 12.6 Å². The Labute approximate surface area is 243 Å². The van der Waals surface area contributed by atoms with Crippen molar-refractivity contribution >= 4 is 35.0 Å². The zero-order valence-corrected chi connectivity index (χ0v) is 24.9. The molecule has 2 aromatic heterocycles. The van der Waals surface area contributed by atoms with E-state index in [0.29, 0.717) is 16.3 Å². The van der Waals surface area contributed by atoms with Crippen LogP contribution in [0.1, 0.15) is 94.7 Å². The summed E-state index contributed by atoms with van der Waals surface area (Å²) in [5.41, 5.74) is 0.712. The molecule has 0 saturated heterocycles. The summed E-state index contributed by atoms with van der Waals surface area (Å²) in [5, 5.41) is 11.0. The second-order valence-electron chi connectivity index (χ2n) is 10.9. The second kappa shape index (κ2) is 12.6. The molecular weight excluding hydrogens is 544 g/mol. The van der Waals surface area contributed by atoms with E-state index < -0.39 is 29.9 Å². The van der Waals surface area contributed by atoms with E-state index in [0.717, 1.165) is 0 Å². The standard InChI is InChI=1S/C29H36N6O5S/c1-15(2)22-27-34-24(18(6)40-27)26(38)30-17(5)12-35(29(39)19-10-8-7-9-11-19)13-21(36)32-23(16(3)4)28-31-20(14-41-28)25(37)33-22/h7-11,14-17,22-23H,12-13H2,1-6H3,(H,30,38)(H,32,36)(H,33,37)/t17-,22-,23+/m1/s1. The minimum absolute atomic E-state index is 0.0415. The van der Waals surface area contributed by atoms with Gasteiger partial charge in [-0.25, -0.2) is 9.97 Å². The summed E-state index contributed by atoms with van der Waals surface area (Å²) in [6.07, 6.45) is 0. The Kier molecular flexibility index (Phi) is 9.21. The Hall–Kier alpha value is -4.06. The molecule has 0 unspecified atom stereocenters. The van der Waals surface area contributed by atoms with Gasteiger partial charge in [0.2, 0.25) is 11.8 Å². The van der Waals surface area contributed by atoms with Crippen LogP contribution in [0.15, 0.2) is 40.1 Å². The molecule has 0 spiro atoms. The number of benzene rings is 1. The Morgan fingerprint density at radius 2 is 1.66 bits per heavy atom. The number of hydrogen-bond acceptors (Lipinski definition) is 8. The average Bonchev–Trinajstić information content (AvgIpc) is 3.56. The zero-order chi connectivity index (χ0) is 29.8. The number of aryl methyl sites for hydroxylation is 1. The fourth-order valence-corrected chi connectivity index (χ4v) is 5.60. The molecule has 11 nitrogen and oxygen atoms in total. The van der Waals surface area contributed by atoms with Crippen LogP contribution in [0, 0.1) is 18.8 Å². The van der Waals surface area contributed by atoms with E-state index >= 15 is 0 Å². The quantitative estimate of drug-likeness (QED) is 0.429. The highest BCUT2D eigenvalue weighted by atomic mass is 32.1. The van der Waals surface area contributed by atoms with E-state index in [4.69, 9.17) is 4.42 Å². The first kappa shape index (κ1) is 29.9. The second-order valence-corrected chi connectivity index (χ2v) is 11.8. The Morgan fingerprint density at radius 3 is 2.32 bits per heavy atom. The third kappa shape index (κ3) is 6.99. The summed E-state index contributed by atoms with van der Waals surface area (Å²) < 4.78 is 5.85. The van der Waals surface area contributed by atoms with Crippen LogP contribution in [-0.4, -0.2) is 57.6 Å². The molecule has 3 aromatic rings. The van der Waals surface area contributed by atoms with E-state index in [-0.39, 0.29) is 54.0 Å². The number of nitrogens with zero attached hydrogens (tertiary/aromatic N) is 3. The molecule has 1 aliphatic rings. The van der Waals surface area contributed by atoms with Crippen molar-refractivity contribution in [3.8, 4) is 0 Å². The van der Waals surface area contributed by atoms with Gasteiger partial charge in [0.25, 0.3) is 17.7 Å². The molecule has 3 heterocycles. The van der Waals surface area contributed by atoms with Crippen molar-refractivity contribution in [3.05, 3.63) is 69.3 Å². The zero-order valence-electron chi connectivity index (χ0n) is 24.1. The minimum atomic E-state index is -0.608. The van der Waals surface area contributed by atoms with Crippen molar-refractivity contribution in [2.24, 2.45) is 11.8 Å². The predicted molar refractivity (Wildman–Crippen MR) is 153 cm³/mol. The van der Waals surface area contributed by atoms with Crippen LogP contribution in [0.5, 0.6) is 0 Å². The smallest absolute Gasteiger partial charge is 0.273 e.